The minimum Gasteiger partial charge on any atom is -0.292 e. The van der Waals surface area contributed by atoms with E-state index in [1.54, 1.807) is 10.6 Å². The molecular formula is C22H17BrN2O2S2. The second kappa shape index (κ2) is 8.65. The maximum atomic E-state index is 13.3. The monoisotopic (exact) mass is 484 g/mol. The molecule has 2 aromatic heterocycles. The van der Waals surface area contributed by atoms with Crippen molar-refractivity contribution in [1.82, 2.24) is 9.55 Å². The lowest BCUT2D eigenvalue weighted by molar-refractivity contribution is 0.102. The summed E-state index contributed by atoms with van der Waals surface area (Å²) in [6, 6.07) is 20.7. The normalized spacial score (nSPS) is 12.2. The number of halogens is 1. The van der Waals surface area contributed by atoms with Crippen molar-refractivity contribution in [3.8, 4) is 0 Å². The summed E-state index contributed by atoms with van der Waals surface area (Å²) in [5.41, 5.74) is 1.56. The minimum atomic E-state index is -0.200. The van der Waals surface area contributed by atoms with Crippen LogP contribution < -0.4 is 5.56 Å². The summed E-state index contributed by atoms with van der Waals surface area (Å²) < 4.78 is 2.62. The Morgan fingerprint density at radius 3 is 2.55 bits per heavy atom. The van der Waals surface area contributed by atoms with Gasteiger partial charge < -0.3 is 0 Å². The number of rotatable bonds is 6. The number of thiophene rings is 1. The van der Waals surface area contributed by atoms with Crippen molar-refractivity contribution in [2.75, 3.05) is 5.75 Å². The third kappa shape index (κ3) is 4.22. The second-order valence-corrected chi connectivity index (χ2v) is 9.89. The summed E-state index contributed by atoms with van der Waals surface area (Å²) in [4.78, 5) is 31.3. The quantitative estimate of drug-likeness (QED) is 0.197. The predicted molar refractivity (Wildman–Crippen MR) is 123 cm³/mol. The number of benzene rings is 2. The van der Waals surface area contributed by atoms with Crippen LogP contribution in [-0.2, 0) is 0 Å². The Hall–Kier alpha value is -2.22. The highest BCUT2D eigenvalue weighted by molar-refractivity contribution is 9.11. The number of ketones is 1. The number of carbonyl (C=O) groups excluding carboxylic acids is 1. The van der Waals surface area contributed by atoms with E-state index in [1.165, 1.54) is 23.1 Å². The first-order valence-corrected chi connectivity index (χ1v) is 11.6. The highest BCUT2D eigenvalue weighted by Crippen LogP contribution is 2.27. The molecule has 0 spiro atoms. The standard InChI is InChI=1S/C22H17BrN2O2S2/c1-14(15-7-3-2-4-8-15)25-21(27)16-9-5-6-10-17(16)24-22(25)28-13-18(26)19-11-12-20(23)29-19/h2-12,14H,13H2,1H3/t14-/m1/s1. The number of carbonyl (C=O) groups is 1. The summed E-state index contributed by atoms with van der Waals surface area (Å²) in [6.45, 7) is 1.98. The highest BCUT2D eigenvalue weighted by atomic mass is 79.9. The number of fused-ring (bicyclic) bond motifs is 1. The number of nitrogens with zero attached hydrogens (tertiary/aromatic N) is 2. The van der Waals surface area contributed by atoms with Crippen LogP contribution in [0.25, 0.3) is 10.9 Å². The molecule has 0 aliphatic heterocycles. The van der Waals surface area contributed by atoms with Gasteiger partial charge in [-0.25, -0.2) is 4.98 Å². The van der Waals surface area contributed by atoms with Crippen molar-refractivity contribution >= 4 is 55.7 Å². The van der Waals surface area contributed by atoms with Gasteiger partial charge in [0.05, 0.1) is 31.4 Å². The van der Waals surface area contributed by atoms with Gasteiger partial charge in [-0.15, -0.1) is 11.3 Å². The molecule has 4 aromatic rings. The van der Waals surface area contributed by atoms with E-state index in [2.05, 4.69) is 15.9 Å². The molecule has 7 heteroatoms. The fourth-order valence-corrected chi connectivity index (χ4v) is 5.49. The van der Waals surface area contributed by atoms with Crippen LogP contribution in [0.3, 0.4) is 0 Å². The Morgan fingerprint density at radius 1 is 1.10 bits per heavy atom. The molecule has 0 aliphatic carbocycles. The van der Waals surface area contributed by atoms with Crippen LogP contribution in [0.4, 0.5) is 0 Å². The molecule has 1 atom stereocenters. The van der Waals surface area contributed by atoms with Crippen LogP contribution in [0.1, 0.15) is 28.2 Å². The van der Waals surface area contributed by atoms with Gasteiger partial charge in [0.2, 0.25) is 0 Å². The maximum Gasteiger partial charge on any atom is 0.262 e. The summed E-state index contributed by atoms with van der Waals surface area (Å²) in [7, 11) is 0. The molecule has 4 rings (SSSR count). The number of hydrogen-bond donors (Lipinski definition) is 0. The molecular weight excluding hydrogens is 468 g/mol. The second-order valence-electron chi connectivity index (χ2n) is 6.49. The van der Waals surface area contributed by atoms with Crippen molar-refractivity contribution in [3.63, 3.8) is 0 Å². The van der Waals surface area contributed by atoms with E-state index < -0.39 is 0 Å². The Morgan fingerprint density at radius 2 is 1.83 bits per heavy atom. The molecule has 2 heterocycles. The summed E-state index contributed by atoms with van der Waals surface area (Å²) >= 11 is 6.11. The van der Waals surface area contributed by atoms with Crippen LogP contribution in [0, 0.1) is 0 Å². The summed E-state index contributed by atoms with van der Waals surface area (Å²) in [5.74, 6) is 0.242. The number of aromatic nitrogens is 2. The minimum absolute atomic E-state index is 0.0204. The molecule has 29 heavy (non-hydrogen) atoms. The molecule has 0 N–H and O–H groups in total. The van der Waals surface area contributed by atoms with Gasteiger partial charge in [-0.05, 0) is 52.7 Å². The van der Waals surface area contributed by atoms with Gasteiger partial charge in [0.1, 0.15) is 0 Å². The van der Waals surface area contributed by atoms with Crippen LogP contribution in [-0.4, -0.2) is 21.1 Å². The topological polar surface area (TPSA) is 52.0 Å². The zero-order valence-electron chi connectivity index (χ0n) is 15.5. The van der Waals surface area contributed by atoms with Crippen LogP contribution in [0.15, 0.2) is 80.5 Å². The van der Waals surface area contributed by atoms with E-state index in [9.17, 15) is 9.59 Å². The lowest BCUT2D eigenvalue weighted by Crippen LogP contribution is -2.27. The SMILES string of the molecule is C[C@H](c1ccccc1)n1c(SCC(=O)c2ccc(Br)s2)nc2ccccc2c1=O. The largest absolute Gasteiger partial charge is 0.292 e. The molecule has 0 aliphatic rings. The first-order valence-electron chi connectivity index (χ1n) is 9.02. The fourth-order valence-electron chi connectivity index (χ4n) is 3.11. The van der Waals surface area contributed by atoms with E-state index >= 15 is 0 Å². The molecule has 0 saturated heterocycles. The Kier molecular flexibility index (Phi) is 5.99. The third-order valence-corrected chi connectivity index (χ3v) is 7.24. The average molecular weight is 485 g/mol. The van der Waals surface area contributed by atoms with E-state index in [1.807, 2.05) is 67.6 Å². The van der Waals surface area contributed by atoms with Crippen molar-refractivity contribution in [2.45, 2.75) is 18.1 Å². The summed E-state index contributed by atoms with van der Waals surface area (Å²) in [6.07, 6.45) is 0. The van der Waals surface area contributed by atoms with E-state index in [0.29, 0.717) is 20.9 Å². The lowest BCUT2D eigenvalue weighted by atomic mass is 10.1. The molecule has 0 radical (unpaired) electrons. The van der Waals surface area contributed by atoms with Crippen molar-refractivity contribution in [3.05, 3.63) is 91.3 Å². The number of hydrogen-bond acceptors (Lipinski definition) is 5. The third-order valence-electron chi connectivity index (χ3n) is 4.63. The molecule has 146 valence electrons. The van der Waals surface area contributed by atoms with Crippen molar-refractivity contribution < 1.29 is 4.79 Å². The zero-order valence-corrected chi connectivity index (χ0v) is 18.8. The van der Waals surface area contributed by atoms with Crippen molar-refractivity contribution in [1.29, 1.82) is 0 Å². The van der Waals surface area contributed by atoms with Crippen LogP contribution in [0.5, 0.6) is 0 Å². The molecule has 2 aromatic carbocycles. The molecule has 0 bridgehead atoms. The fraction of sp³-hybridized carbons (Fsp3) is 0.136. The van der Waals surface area contributed by atoms with E-state index in [-0.39, 0.29) is 23.1 Å². The lowest BCUT2D eigenvalue weighted by Gasteiger charge is -2.19. The molecule has 0 saturated carbocycles. The van der Waals surface area contributed by atoms with Gasteiger partial charge in [0, 0.05) is 0 Å². The van der Waals surface area contributed by atoms with E-state index in [0.717, 1.165) is 9.35 Å². The molecule has 0 amide bonds. The molecule has 0 fully saturated rings. The predicted octanol–water partition coefficient (Wildman–Crippen LogP) is 5.80. The van der Waals surface area contributed by atoms with Gasteiger partial charge in [-0.3, -0.25) is 14.2 Å². The average Bonchev–Trinajstić information content (AvgIpc) is 3.19. The first-order chi connectivity index (χ1) is 14.0. The zero-order chi connectivity index (χ0) is 20.4. The molecule has 4 nitrogen and oxygen atoms in total. The number of Topliss-reactive ketones (excluding diaryl/α,β-unsaturated/α-hetero) is 1. The highest BCUT2D eigenvalue weighted by Gasteiger charge is 2.19. The van der Waals surface area contributed by atoms with Crippen molar-refractivity contribution in [2.24, 2.45) is 0 Å². The van der Waals surface area contributed by atoms with Gasteiger partial charge in [0.25, 0.3) is 5.56 Å². The number of para-hydroxylation sites is 1. The van der Waals surface area contributed by atoms with Crippen LogP contribution in [0.2, 0.25) is 0 Å². The van der Waals surface area contributed by atoms with Gasteiger partial charge in [0.15, 0.2) is 10.9 Å². The van der Waals surface area contributed by atoms with Gasteiger partial charge >= 0.3 is 0 Å². The molecule has 0 unspecified atom stereocenters. The number of thioether (sulfide) groups is 1. The smallest absolute Gasteiger partial charge is 0.262 e. The van der Waals surface area contributed by atoms with Gasteiger partial charge in [-0.2, -0.15) is 0 Å². The Balaban J connectivity index is 1.75. The van der Waals surface area contributed by atoms with E-state index in [4.69, 9.17) is 4.98 Å². The maximum absolute atomic E-state index is 13.3. The van der Waals surface area contributed by atoms with Gasteiger partial charge in [-0.1, -0.05) is 54.2 Å². The Labute approximate surface area is 184 Å². The first kappa shape index (κ1) is 20.1. The summed E-state index contributed by atoms with van der Waals surface area (Å²) in [5, 5.41) is 1.13. The van der Waals surface area contributed by atoms with Crippen LogP contribution >= 0.6 is 39.0 Å². The Bertz CT molecular complexity index is 1230.